The first-order chi connectivity index (χ1) is 14.9. The number of carboxylic acid groups (broad SMARTS) is 1. The number of hydrogen-bond acceptors (Lipinski definition) is 4. The van der Waals surface area contributed by atoms with Crippen molar-refractivity contribution in [2.45, 2.75) is 36.9 Å². The van der Waals surface area contributed by atoms with E-state index in [1.54, 1.807) is 4.90 Å². The number of fused-ring (bicyclic) bond motifs is 4. The van der Waals surface area contributed by atoms with Crippen molar-refractivity contribution < 1.29 is 19.5 Å². The number of anilines is 1. The van der Waals surface area contributed by atoms with E-state index in [9.17, 15) is 14.4 Å². The van der Waals surface area contributed by atoms with E-state index >= 15 is 0 Å². The molecule has 2 unspecified atom stereocenters. The van der Waals surface area contributed by atoms with Crippen LogP contribution in [-0.4, -0.2) is 57.9 Å². The maximum absolute atomic E-state index is 13.4. The number of piperazine rings is 1. The number of hydrogen-bond donors (Lipinski definition) is 2. The number of amides is 2. The van der Waals surface area contributed by atoms with Crippen molar-refractivity contribution in [3.05, 3.63) is 64.1 Å². The van der Waals surface area contributed by atoms with Crippen LogP contribution >= 0.6 is 15.9 Å². The molecular weight excluding hydrogens is 462 g/mol. The summed E-state index contributed by atoms with van der Waals surface area (Å²) in [4.78, 5) is 40.8. The quantitative estimate of drug-likeness (QED) is 0.697. The van der Waals surface area contributed by atoms with Crippen molar-refractivity contribution in [2.24, 2.45) is 0 Å². The number of carboxylic acids is 1. The minimum absolute atomic E-state index is 0.0304. The van der Waals surface area contributed by atoms with Crippen LogP contribution in [0.4, 0.5) is 5.69 Å². The molecule has 4 atom stereocenters. The molecule has 3 heterocycles. The van der Waals surface area contributed by atoms with Crippen molar-refractivity contribution in [1.29, 1.82) is 0 Å². The Bertz CT molecular complexity index is 1060. The molecule has 2 aromatic rings. The second-order valence-electron chi connectivity index (χ2n) is 8.32. The van der Waals surface area contributed by atoms with Crippen molar-refractivity contribution >= 4 is 39.4 Å². The lowest BCUT2D eigenvalue weighted by molar-refractivity contribution is -0.163. The van der Waals surface area contributed by atoms with E-state index in [1.165, 1.54) is 4.90 Å². The number of carbonyl (C=O) groups is 3. The number of benzene rings is 2. The Balaban J connectivity index is 1.55. The van der Waals surface area contributed by atoms with Crippen LogP contribution in [-0.2, 0) is 14.4 Å². The van der Waals surface area contributed by atoms with Crippen LogP contribution in [0.2, 0.25) is 0 Å². The van der Waals surface area contributed by atoms with Crippen LogP contribution in [0.1, 0.15) is 35.9 Å². The van der Waals surface area contributed by atoms with Gasteiger partial charge in [0.15, 0.2) is 0 Å². The number of carbonyl (C=O) groups excluding carboxylic acids is 2. The summed E-state index contributed by atoms with van der Waals surface area (Å²) >= 11 is 3.47. The second kappa shape index (κ2) is 7.67. The number of nitrogens with one attached hydrogen (secondary N) is 1. The minimum Gasteiger partial charge on any atom is -0.481 e. The zero-order valence-corrected chi connectivity index (χ0v) is 18.3. The largest absolute Gasteiger partial charge is 0.481 e. The van der Waals surface area contributed by atoms with Gasteiger partial charge in [-0.1, -0.05) is 46.3 Å². The predicted octanol–water partition coefficient (Wildman–Crippen LogP) is 2.99. The summed E-state index contributed by atoms with van der Waals surface area (Å²) in [5, 5.41) is 12.6. The Hall–Kier alpha value is -2.87. The third-order valence-corrected chi connectivity index (χ3v) is 7.12. The standard InChI is InChI=1S/C23H22BrN3O4/c24-14-7-5-13(6-8-14)22-21-16(15-3-1-2-4-17(15)25-21)11-18-23(31)26(10-9-20(29)30)12-19(28)27(18)22/h1-8,16,18,21-22,25H,9-12H2,(H,29,30)/t16?,18-,21?,22-/m1/s1. The average Bonchev–Trinajstić information content (AvgIpc) is 3.13. The van der Waals surface area contributed by atoms with Gasteiger partial charge >= 0.3 is 5.97 Å². The highest BCUT2D eigenvalue weighted by molar-refractivity contribution is 9.10. The maximum atomic E-state index is 13.4. The van der Waals surface area contributed by atoms with E-state index in [-0.39, 0.29) is 49.3 Å². The number of aliphatic carboxylic acids is 1. The number of halogens is 1. The van der Waals surface area contributed by atoms with Crippen molar-refractivity contribution in [3.8, 4) is 0 Å². The second-order valence-corrected chi connectivity index (χ2v) is 9.23. The molecular formula is C23H22BrN3O4. The first-order valence-corrected chi connectivity index (χ1v) is 11.2. The van der Waals surface area contributed by atoms with E-state index < -0.39 is 12.0 Å². The molecule has 2 amide bonds. The highest BCUT2D eigenvalue weighted by atomic mass is 79.9. The lowest BCUT2D eigenvalue weighted by atomic mass is 9.76. The number of nitrogens with zero attached hydrogens (tertiary/aromatic N) is 2. The van der Waals surface area contributed by atoms with Gasteiger partial charge in [0.05, 0.1) is 25.0 Å². The summed E-state index contributed by atoms with van der Waals surface area (Å²) in [5.41, 5.74) is 3.18. The number of rotatable bonds is 4. The van der Waals surface area contributed by atoms with Gasteiger partial charge in [0.2, 0.25) is 11.8 Å². The summed E-state index contributed by atoms with van der Waals surface area (Å²) in [5.74, 6) is -1.19. The third-order valence-electron chi connectivity index (χ3n) is 6.59. The molecule has 8 heteroatoms. The summed E-state index contributed by atoms with van der Waals surface area (Å²) < 4.78 is 0.948. The Morgan fingerprint density at radius 1 is 1.13 bits per heavy atom. The van der Waals surface area contributed by atoms with Gasteiger partial charge in [-0.05, 0) is 35.7 Å². The van der Waals surface area contributed by atoms with Gasteiger partial charge in [-0.3, -0.25) is 14.4 Å². The SMILES string of the molecule is O=C(O)CCN1CC(=O)N2[C@H](CC3c4ccccc4NC3[C@H]2c2ccc(Br)cc2)C1=O. The van der Waals surface area contributed by atoms with E-state index in [0.29, 0.717) is 6.42 Å². The number of para-hydroxylation sites is 1. The summed E-state index contributed by atoms with van der Waals surface area (Å²) in [6, 6.07) is 15.1. The topological polar surface area (TPSA) is 89.9 Å². The first kappa shape index (κ1) is 20.1. The molecule has 5 rings (SSSR count). The van der Waals surface area contributed by atoms with E-state index in [0.717, 1.165) is 21.3 Å². The van der Waals surface area contributed by atoms with Gasteiger partial charge in [-0.2, -0.15) is 0 Å². The van der Waals surface area contributed by atoms with Gasteiger partial charge < -0.3 is 20.2 Å². The summed E-state index contributed by atoms with van der Waals surface area (Å²) in [7, 11) is 0. The van der Waals surface area contributed by atoms with Gasteiger partial charge in [0.25, 0.3) is 0 Å². The van der Waals surface area contributed by atoms with Gasteiger partial charge in [-0.15, -0.1) is 0 Å². The molecule has 7 nitrogen and oxygen atoms in total. The molecule has 0 saturated carbocycles. The Labute approximate surface area is 188 Å². The van der Waals surface area contributed by atoms with Crippen LogP contribution < -0.4 is 5.32 Å². The lowest BCUT2D eigenvalue weighted by Crippen LogP contribution is -2.65. The molecule has 2 fully saturated rings. The third kappa shape index (κ3) is 3.39. The van der Waals surface area contributed by atoms with Crippen molar-refractivity contribution in [3.63, 3.8) is 0 Å². The normalized spacial score (nSPS) is 26.7. The van der Waals surface area contributed by atoms with Crippen molar-refractivity contribution in [2.75, 3.05) is 18.4 Å². The molecule has 3 aliphatic rings. The molecule has 0 aromatic heterocycles. The monoisotopic (exact) mass is 483 g/mol. The van der Waals surface area contributed by atoms with Crippen molar-refractivity contribution in [1.82, 2.24) is 9.80 Å². The first-order valence-electron chi connectivity index (χ1n) is 10.4. The van der Waals surface area contributed by atoms with E-state index in [2.05, 4.69) is 27.3 Å². The zero-order valence-electron chi connectivity index (χ0n) is 16.7. The highest BCUT2D eigenvalue weighted by Crippen LogP contribution is 2.50. The molecule has 0 bridgehead atoms. The summed E-state index contributed by atoms with van der Waals surface area (Å²) in [6.45, 7) is -0.0316. The van der Waals surface area contributed by atoms with Crippen LogP contribution in [0.3, 0.4) is 0 Å². The molecule has 2 saturated heterocycles. The molecule has 0 radical (unpaired) electrons. The summed E-state index contributed by atoms with van der Waals surface area (Å²) in [6.07, 6.45) is 0.355. The molecule has 0 aliphatic carbocycles. The number of piperidine rings is 1. The Morgan fingerprint density at radius 2 is 1.87 bits per heavy atom. The molecule has 0 spiro atoms. The molecule has 3 aliphatic heterocycles. The Morgan fingerprint density at radius 3 is 2.61 bits per heavy atom. The fraction of sp³-hybridized carbons (Fsp3) is 0.348. The smallest absolute Gasteiger partial charge is 0.305 e. The fourth-order valence-corrected chi connectivity index (χ4v) is 5.51. The highest BCUT2D eigenvalue weighted by Gasteiger charge is 2.54. The van der Waals surface area contributed by atoms with Crippen LogP contribution in [0.25, 0.3) is 0 Å². The fourth-order valence-electron chi connectivity index (χ4n) is 5.25. The molecule has 2 aromatic carbocycles. The molecule has 2 N–H and O–H groups in total. The van der Waals surface area contributed by atoms with Crippen LogP contribution in [0.5, 0.6) is 0 Å². The maximum Gasteiger partial charge on any atom is 0.305 e. The van der Waals surface area contributed by atoms with Crippen LogP contribution in [0.15, 0.2) is 53.0 Å². The van der Waals surface area contributed by atoms with Crippen LogP contribution in [0, 0.1) is 0 Å². The molecule has 160 valence electrons. The van der Waals surface area contributed by atoms with Gasteiger partial charge in [0.1, 0.15) is 6.04 Å². The lowest BCUT2D eigenvalue weighted by Gasteiger charge is -2.51. The molecule has 31 heavy (non-hydrogen) atoms. The zero-order chi connectivity index (χ0) is 21.7. The minimum atomic E-state index is -0.979. The van der Waals surface area contributed by atoms with Gasteiger partial charge in [-0.25, -0.2) is 0 Å². The predicted molar refractivity (Wildman–Crippen MR) is 118 cm³/mol. The van der Waals surface area contributed by atoms with E-state index in [4.69, 9.17) is 5.11 Å². The van der Waals surface area contributed by atoms with Gasteiger partial charge in [0, 0.05) is 22.6 Å². The average molecular weight is 484 g/mol. The van der Waals surface area contributed by atoms with E-state index in [1.807, 2.05) is 42.5 Å². The Kier molecular flexibility index (Phi) is 4.97.